The van der Waals surface area contributed by atoms with Gasteiger partial charge in [-0.05, 0) is 23.8 Å². The van der Waals surface area contributed by atoms with Crippen molar-refractivity contribution in [2.24, 2.45) is 5.92 Å². The van der Waals surface area contributed by atoms with Gasteiger partial charge in [0.15, 0.2) is 0 Å². The van der Waals surface area contributed by atoms with Crippen LogP contribution in [-0.4, -0.2) is 34.9 Å². The minimum atomic E-state index is -0.190. The average Bonchev–Trinajstić information content (AvgIpc) is 2.82. The molecule has 0 aliphatic carbocycles. The van der Waals surface area contributed by atoms with Crippen LogP contribution in [0.3, 0.4) is 0 Å². The fourth-order valence-electron chi connectivity index (χ4n) is 2.93. The van der Waals surface area contributed by atoms with Crippen LogP contribution in [0.1, 0.15) is 11.3 Å². The smallest absolute Gasteiger partial charge is 0.123 e. The van der Waals surface area contributed by atoms with Crippen molar-refractivity contribution in [3.8, 4) is 0 Å². The molecule has 5 heteroatoms. The van der Waals surface area contributed by atoms with Gasteiger partial charge in [-0.2, -0.15) is 5.10 Å². The van der Waals surface area contributed by atoms with Gasteiger partial charge < -0.3 is 4.74 Å². The number of benzene rings is 1. The highest BCUT2D eigenvalue weighted by Crippen LogP contribution is 2.18. The Morgan fingerprint density at radius 3 is 2.81 bits per heavy atom. The van der Waals surface area contributed by atoms with Gasteiger partial charge in [-0.3, -0.25) is 9.58 Å². The molecule has 0 unspecified atom stereocenters. The minimum Gasteiger partial charge on any atom is -0.384 e. The average molecular weight is 289 g/mol. The molecule has 4 nitrogen and oxygen atoms in total. The minimum absolute atomic E-state index is 0.190. The number of nitrogens with zero attached hydrogens (tertiary/aromatic N) is 3. The number of hydrogen-bond donors (Lipinski definition) is 0. The molecule has 2 heterocycles. The van der Waals surface area contributed by atoms with E-state index >= 15 is 0 Å². The number of methoxy groups -OCH3 is 1. The van der Waals surface area contributed by atoms with Crippen LogP contribution in [0.25, 0.3) is 0 Å². The zero-order valence-electron chi connectivity index (χ0n) is 12.2. The molecular formula is C16H20FN3O. The number of hydrogen-bond acceptors (Lipinski definition) is 3. The first kappa shape index (κ1) is 14.2. The normalized spacial score (nSPS) is 19.2. The molecule has 1 aromatic heterocycles. The Kier molecular flexibility index (Phi) is 4.31. The summed E-state index contributed by atoms with van der Waals surface area (Å²) in [4.78, 5) is 2.37. The number of fused-ring (bicyclic) bond motifs is 1. The third-order valence-corrected chi connectivity index (χ3v) is 3.86. The van der Waals surface area contributed by atoms with Crippen molar-refractivity contribution in [2.75, 3.05) is 20.3 Å². The molecule has 1 aliphatic heterocycles. The third-order valence-electron chi connectivity index (χ3n) is 3.86. The number of aromatic nitrogens is 2. The van der Waals surface area contributed by atoms with E-state index in [0.717, 1.165) is 38.3 Å². The van der Waals surface area contributed by atoms with Crippen LogP contribution < -0.4 is 0 Å². The van der Waals surface area contributed by atoms with Crippen molar-refractivity contribution in [2.45, 2.75) is 19.6 Å². The Hall–Kier alpha value is -1.72. The molecule has 1 atom stereocenters. The van der Waals surface area contributed by atoms with Crippen molar-refractivity contribution in [1.82, 2.24) is 14.7 Å². The fourth-order valence-corrected chi connectivity index (χ4v) is 2.93. The lowest BCUT2D eigenvalue weighted by Gasteiger charge is -2.23. The Bertz CT molecular complexity index is 581. The van der Waals surface area contributed by atoms with Crippen LogP contribution in [0, 0.1) is 11.7 Å². The second kappa shape index (κ2) is 6.37. The monoisotopic (exact) mass is 289 g/mol. The molecule has 3 rings (SSSR count). The maximum Gasteiger partial charge on any atom is 0.123 e. The van der Waals surface area contributed by atoms with Crippen LogP contribution in [0.15, 0.2) is 36.5 Å². The molecule has 0 saturated heterocycles. The Labute approximate surface area is 124 Å². The molecular weight excluding hydrogens is 269 g/mol. The standard InChI is InChI=1S/C16H20FN3O/c1-21-12-14-9-19(8-13-2-4-15(17)5-3-13)11-16-6-7-18-20(16)10-14/h2-7,14H,8-12H2,1H3/t14-/m0/s1. The van der Waals surface area contributed by atoms with Gasteiger partial charge >= 0.3 is 0 Å². The molecule has 0 N–H and O–H groups in total. The first-order valence-corrected chi connectivity index (χ1v) is 7.21. The molecule has 0 radical (unpaired) electrons. The largest absolute Gasteiger partial charge is 0.384 e. The van der Waals surface area contributed by atoms with Crippen LogP contribution in [0.5, 0.6) is 0 Å². The molecule has 21 heavy (non-hydrogen) atoms. The second-order valence-corrected chi connectivity index (χ2v) is 5.62. The lowest BCUT2D eigenvalue weighted by molar-refractivity contribution is 0.114. The van der Waals surface area contributed by atoms with E-state index in [4.69, 9.17) is 4.74 Å². The van der Waals surface area contributed by atoms with E-state index in [1.807, 2.05) is 18.3 Å². The summed E-state index contributed by atoms with van der Waals surface area (Å²) in [5.74, 6) is 0.224. The van der Waals surface area contributed by atoms with Crippen LogP contribution in [-0.2, 0) is 24.4 Å². The summed E-state index contributed by atoms with van der Waals surface area (Å²) >= 11 is 0. The number of rotatable bonds is 4. The van der Waals surface area contributed by atoms with E-state index in [-0.39, 0.29) is 5.82 Å². The molecule has 112 valence electrons. The Balaban J connectivity index is 1.76. The molecule has 0 saturated carbocycles. The zero-order chi connectivity index (χ0) is 14.7. The maximum atomic E-state index is 13.0. The lowest BCUT2D eigenvalue weighted by atomic mass is 10.1. The first-order chi connectivity index (χ1) is 10.2. The summed E-state index contributed by atoms with van der Waals surface area (Å²) in [7, 11) is 1.74. The van der Waals surface area contributed by atoms with E-state index in [1.54, 1.807) is 7.11 Å². The zero-order valence-corrected chi connectivity index (χ0v) is 12.2. The summed E-state index contributed by atoms with van der Waals surface area (Å²) in [6, 6.07) is 8.80. The predicted octanol–water partition coefficient (Wildman–Crippen LogP) is 2.30. The van der Waals surface area contributed by atoms with Crippen molar-refractivity contribution < 1.29 is 9.13 Å². The number of halogens is 1. The van der Waals surface area contributed by atoms with Crippen molar-refractivity contribution in [3.05, 3.63) is 53.6 Å². The quantitative estimate of drug-likeness (QED) is 0.865. The Morgan fingerprint density at radius 1 is 1.24 bits per heavy atom. The van der Waals surface area contributed by atoms with Crippen molar-refractivity contribution in [3.63, 3.8) is 0 Å². The Morgan fingerprint density at radius 2 is 2.05 bits per heavy atom. The van der Waals surface area contributed by atoms with Gasteiger partial charge in [0.05, 0.1) is 12.3 Å². The third kappa shape index (κ3) is 3.49. The van der Waals surface area contributed by atoms with Crippen LogP contribution in [0.2, 0.25) is 0 Å². The van der Waals surface area contributed by atoms with E-state index in [9.17, 15) is 4.39 Å². The first-order valence-electron chi connectivity index (χ1n) is 7.21. The van der Waals surface area contributed by atoms with E-state index in [2.05, 4.69) is 20.7 Å². The molecule has 0 fully saturated rings. The number of ether oxygens (including phenoxy) is 1. The van der Waals surface area contributed by atoms with Crippen molar-refractivity contribution in [1.29, 1.82) is 0 Å². The highest BCUT2D eigenvalue weighted by Gasteiger charge is 2.22. The van der Waals surface area contributed by atoms with Gasteiger partial charge in [0, 0.05) is 45.4 Å². The molecule has 0 spiro atoms. The van der Waals surface area contributed by atoms with Gasteiger partial charge in [0.1, 0.15) is 5.82 Å². The lowest BCUT2D eigenvalue weighted by Crippen LogP contribution is -2.29. The van der Waals surface area contributed by atoms with E-state index < -0.39 is 0 Å². The van der Waals surface area contributed by atoms with Crippen LogP contribution in [0.4, 0.5) is 4.39 Å². The highest BCUT2D eigenvalue weighted by molar-refractivity contribution is 5.16. The van der Waals surface area contributed by atoms with Gasteiger partial charge in [0.2, 0.25) is 0 Å². The highest BCUT2D eigenvalue weighted by atomic mass is 19.1. The van der Waals surface area contributed by atoms with Crippen LogP contribution >= 0.6 is 0 Å². The van der Waals surface area contributed by atoms with Gasteiger partial charge in [0.25, 0.3) is 0 Å². The topological polar surface area (TPSA) is 30.3 Å². The van der Waals surface area contributed by atoms with Crippen molar-refractivity contribution >= 4 is 0 Å². The predicted molar refractivity (Wildman–Crippen MR) is 78.1 cm³/mol. The molecule has 1 aromatic carbocycles. The summed E-state index contributed by atoms with van der Waals surface area (Å²) in [6.45, 7) is 4.23. The molecule has 2 aromatic rings. The van der Waals surface area contributed by atoms with E-state index in [1.165, 1.54) is 17.8 Å². The van der Waals surface area contributed by atoms with Gasteiger partial charge in [-0.25, -0.2) is 4.39 Å². The summed E-state index contributed by atoms with van der Waals surface area (Å²) in [5, 5.41) is 4.39. The molecule has 0 bridgehead atoms. The molecule has 1 aliphatic rings. The second-order valence-electron chi connectivity index (χ2n) is 5.62. The van der Waals surface area contributed by atoms with Gasteiger partial charge in [-0.15, -0.1) is 0 Å². The summed E-state index contributed by atoms with van der Waals surface area (Å²) in [5.41, 5.74) is 2.34. The molecule has 0 amide bonds. The van der Waals surface area contributed by atoms with Gasteiger partial charge in [-0.1, -0.05) is 12.1 Å². The summed E-state index contributed by atoms with van der Waals surface area (Å²) < 4.78 is 20.4. The summed E-state index contributed by atoms with van der Waals surface area (Å²) in [6.07, 6.45) is 1.85. The van der Waals surface area contributed by atoms with E-state index in [0.29, 0.717) is 5.92 Å². The fraction of sp³-hybridized carbons (Fsp3) is 0.438. The SMILES string of the molecule is COC[C@H]1CN(Cc2ccc(F)cc2)Cc2ccnn2C1. The maximum absolute atomic E-state index is 13.0.